The number of carboxylic acids is 4. The Morgan fingerprint density at radius 2 is 1.05 bits per heavy atom. The predicted octanol–water partition coefficient (Wildman–Crippen LogP) is 0.616. The Labute approximate surface area is 108 Å². The number of aliphatic carboxylic acids is 4. The summed E-state index contributed by atoms with van der Waals surface area (Å²) in [5.74, 6) is -4.43. The van der Waals surface area contributed by atoms with Crippen molar-refractivity contribution >= 4 is 23.9 Å². The standard InChI is InChI=1S/C4H4O4.C4H6O2.C3H4O2/c5-3(6)1-2-4(7)8;1-3(2)4(5)6;1-2-3(4)5/h1-2H,(H,5,6)(H,7,8);1H2,2H3,(H,5,6);2H,1H2,(H,4,5). The summed E-state index contributed by atoms with van der Waals surface area (Å²) in [5.41, 5.74) is 0.176. The quantitative estimate of drug-likeness (QED) is 0.545. The van der Waals surface area contributed by atoms with Crippen molar-refractivity contribution in [3.8, 4) is 0 Å². The molecule has 0 saturated carbocycles. The van der Waals surface area contributed by atoms with Crippen molar-refractivity contribution in [1.29, 1.82) is 0 Å². The fourth-order valence-electron chi connectivity index (χ4n) is 0.143. The number of rotatable bonds is 4. The molecule has 0 aliphatic rings. The highest BCUT2D eigenvalue weighted by molar-refractivity contribution is 5.89. The van der Waals surface area contributed by atoms with Gasteiger partial charge in [0, 0.05) is 23.8 Å². The van der Waals surface area contributed by atoms with Crippen LogP contribution in [0.3, 0.4) is 0 Å². The van der Waals surface area contributed by atoms with Crippen LogP contribution in [-0.2, 0) is 19.2 Å². The first-order valence-electron chi connectivity index (χ1n) is 4.42. The van der Waals surface area contributed by atoms with E-state index in [1.165, 1.54) is 6.92 Å². The van der Waals surface area contributed by atoms with E-state index in [-0.39, 0.29) is 5.57 Å². The van der Waals surface area contributed by atoms with Crippen LogP contribution >= 0.6 is 0 Å². The van der Waals surface area contributed by atoms with Gasteiger partial charge in [0.1, 0.15) is 0 Å². The summed E-state index contributed by atoms with van der Waals surface area (Å²) < 4.78 is 0. The van der Waals surface area contributed by atoms with Gasteiger partial charge in [0.15, 0.2) is 0 Å². The first kappa shape index (κ1) is 21.4. The average molecular weight is 274 g/mol. The normalized spacial score (nSPS) is 8.05. The zero-order chi connectivity index (χ0) is 16.0. The van der Waals surface area contributed by atoms with E-state index in [4.69, 9.17) is 20.4 Å². The summed E-state index contributed by atoms with van der Waals surface area (Å²) in [6.07, 6.45) is 1.95. The van der Waals surface area contributed by atoms with Gasteiger partial charge in [-0.3, -0.25) is 0 Å². The molecule has 0 fully saturated rings. The van der Waals surface area contributed by atoms with Crippen LogP contribution in [0.4, 0.5) is 0 Å². The second-order valence-electron chi connectivity index (χ2n) is 2.64. The third-order valence-electron chi connectivity index (χ3n) is 0.908. The van der Waals surface area contributed by atoms with Gasteiger partial charge in [0.2, 0.25) is 0 Å². The Morgan fingerprint density at radius 3 is 1.11 bits per heavy atom. The highest BCUT2D eigenvalue weighted by Gasteiger charge is 1.90. The van der Waals surface area contributed by atoms with Gasteiger partial charge >= 0.3 is 23.9 Å². The van der Waals surface area contributed by atoms with Crippen LogP contribution < -0.4 is 0 Å². The molecule has 8 heteroatoms. The average Bonchev–Trinajstić information content (AvgIpc) is 2.27. The zero-order valence-corrected chi connectivity index (χ0v) is 10.1. The number of hydrogen-bond acceptors (Lipinski definition) is 4. The van der Waals surface area contributed by atoms with Crippen molar-refractivity contribution in [2.45, 2.75) is 6.92 Å². The summed E-state index contributed by atoms with van der Waals surface area (Å²) in [6.45, 7) is 7.56. The van der Waals surface area contributed by atoms with E-state index in [2.05, 4.69) is 13.2 Å². The monoisotopic (exact) mass is 274 g/mol. The Balaban J connectivity index is -0.000000209. The molecule has 0 aromatic carbocycles. The summed E-state index contributed by atoms with van der Waals surface area (Å²) in [6, 6.07) is 0. The lowest BCUT2D eigenvalue weighted by molar-refractivity contribution is -0.134. The van der Waals surface area contributed by atoms with E-state index in [1.54, 1.807) is 0 Å². The minimum atomic E-state index is -1.26. The van der Waals surface area contributed by atoms with Crippen LogP contribution in [0.15, 0.2) is 37.0 Å². The molecule has 19 heavy (non-hydrogen) atoms. The molecule has 0 saturated heterocycles. The van der Waals surface area contributed by atoms with Gasteiger partial charge in [-0.15, -0.1) is 0 Å². The first-order valence-corrected chi connectivity index (χ1v) is 4.42. The molecule has 0 spiro atoms. The SMILES string of the molecule is C=C(C)C(=O)O.C=CC(=O)O.O=C(O)C=CC(=O)O. The largest absolute Gasteiger partial charge is 0.478 e. The van der Waals surface area contributed by atoms with Crippen LogP contribution in [-0.4, -0.2) is 44.3 Å². The zero-order valence-electron chi connectivity index (χ0n) is 10.1. The van der Waals surface area contributed by atoms with Gasteiger partial charge in [-0.25, -0.2) is 19.2 Å². The molecule has 8 nitrogen and oxygen atoms in total. The minimum absolute atomic E-state index is 0.176. The van der Waals surface area contributed by atoms with Gasteiger partial charge in [-0.05, 0) is 6.92 Å². The Morgan fingerprint density at radius 1 is 0.842 bits per heavy atom. The molecule has 0 amide bonds. The Bertz CT molecular complexity index is 363. The molecule has 0 atom stereocenters. The van der Waals surface area contributed by atoms with E-state index in [9.17, 15) is 19.2 Å². The maximum Gasteiger partial charge on any atom is 0.330 e. The summed E-state index contributed by atoms with van der Waals surface area (Å²) in [5, 5.41) is 31.1. The smallest absolute Gasteiger partial charge is 0.330 e. The molecule has 4 N–H and O–H groups in total. The summed E-state index contributed by atoms with van der Waals surface area (Å²) in [7, 11) is 0. The van der Waals surface area contributed by atoms with Crippen molar-refractivity contribution in [2.75, 3.05) is 0 Å². The van der Waals surface area contributed by atoms with Crippen LogP contribution in [0.2, 0.25) is 0 Å². The Hall–Kier alpha value is -2.90. The van der Waals surface area contributed by atoms with Crippen molar-refractivity contribution in [1.82, 2.24) is 0 Å². The fraction of sp³-hybridized carbons (Fsp3) is 0.0909. The number of carbonyl (C=O) groups is 4. The maximum atomic E-state index is 9.60. The van der Waals surface area contributed by atoms with Crippen molar-refractivity contribution in [3.05, 3.63) is 37.0 Å². The van der Waals surface area contributed by atoms with Crippen molar-refractivity contribution < 1.29 is 39.6 Å². The molecule has 0 radical (unpaired) electrons. The van der Waals surface area contributed by atoms with Crippen LogP contribution in [0.25, 0.3) is 0 Å². The molecule has 0 aromatic rings. The second kappa shape index (κ2) is 13.2. The highest BCUT2D eigenvalue weighted by Crippen LogP contribution is 1.81. The summed E-state index contributed by atoms with van der Waals surface area (Å²) in [4.78, 5) is 38.0. The van der Waals surface area contributed by atoms with E-state index in [0.717, 1.165) is 6.08 Å². The number of carboxylic acid groups (broad SMARTS) is 4. The summed E-state index contributed by atoms with van der Waals surface area (Å²) >= 11 is 0. The minimum Gasteiger partial charge on any atom is -0.478 e. The topological polar surface area (TPSA) is 149 Å². The fourth-order valence-corrected chi connectivity index (χ4v) is 0.143. The lowest BCUT2D eigenvalue weighted by atomic mass is 10.4. The molecular weight excluding hydrogens is 260 g/mol. The lowest BCUT2D eigenvalue weighted by Gasteiger charge is -1.79. The van der Waals surface area contributed by atoms with Gasteiger partial charge in [0.05, 0.1) is 0 Å². The molecule has 0 aliphatic heterocycles. The molecule has 106 valence electrons. The molecule has 0 bridgehead atoms. The van der Waals surface area contributed by atoms with Gasteiger partial charge in [-0.2, -0.15) is 0 Å². The molecule has 0 unspecified atom stereocenters. The first-order chi connectivity index (χ1) is 8.54. The maximum absolute atomic E-state index is 9.60. The third kappa shape index (κ3) is 39.5. The van der Waals surface area contributed by atoms with E-state index >= 15 is 0 Å². The van der Waals surface area contributed by atoms with Crippen molar-refractivity contribution in [3.63, 3.8) is 0 Å². The molecule has 0 aliphatic carbocycles. The lowest BCUT2D eigenvalue weighted by Crippen LogP contribution is -1.92. The highest BCUT2D eigenvalue weighted by atomic mass is 16.4. The van der Waals surface area contributed by atoms with Gasteiger partial charge in [-0.1, -0.05) is 13.2 Å². The molecule has 0 heterocycles. The van der Waals surface area contributed by atoms with Crippen LogP contribution in [0.1, 0.15) is 6.92 Å². The third-order valence-corrected chi connectivity index (χ3v) is 0.908. The number of hydrogen-bond donors (Lipinski definition) is 4. The van der Waals surface area contributed by atoms with Crippen LogP contribution in [0.5, 0.6) is 0 Å². The van der Waals surface area contributed by atoms with Crippen LogP contribution in [0, 0.1) is 0 Å². The molecule has 0 rings (SSSR count). The van der Waals surface area contributed by atoms with Gasteiger partial charge in [0.25, 0.3) is 0 Å². The van der Waals surface area contributed by atoms with E-state index in [0.29, 0.717) is 12.2 Å². The Kier molecular flexibility index (Phi) is 14.8. The predicted molar refractivity (Wildman–Crippen MR) is 64.7 cm³/mol. The van der Waals surface area contributed by atoms with E-state index < -0.39 is 23.9 Å². The van der Waals surface area contributed by atoms with Crippen molar-refractivity contribution in [2.24, 2.45) is 0 Å². The molecule has 0 aromatic heterocycles. The molecular formula is C11H14O8. The van der Waals surface area contributed by atoms with Gasteiger partial charge < -0.3 is 20.4 Å². The second-order valence-corrected chi connectivity index (χ2v) is 2.64. The van der Waals surface area contributed by atoms with E-state index in [1.807, 2.05) is 0 Å².